The highest BCUT2D eigenvalue weighted by Gasteiger charge is 2.29. The third kappa shape index (κ3) is 5.35. The highest BCUT2D eigenvalue weighted by molar-refractivity contribution is 7.17. The van der Waals surface area contributed by atoms with Crippen LogP contribution in [0.15, 0.2) is 30.3 Å². The summed E-state index contributed by atoms with van der Waals surface area (Å²) in [5, 5.41) is 5.46. The molecule has 2 aromatic rings. The third-order valence-corrected chi connectivity index (χ3v) is 5.77. The first-order chi connectivity index (χ1) is 14.0. The minimum atomic E-state index is -0.800. The number of hydrogen-bond donors (Lipinski definition) is 2. The molecule has 0 radical (unpaired) electrons. The Hall–Kier alpha value is -2.87. The number of anilines is 1. The predicted molar refractivity (Wildman–Crippen MR) is 111 cm³/mol. The summed E-state index contributed by atoms with van der Waals surface area (Å²) in [5.74, 6) is 0.162. The van der Waals surface area contributed by atoms with Crippen LogP contribution in [0.1, 0.15) is 41.1 Å². The van der Waals surface area contributed by atoms with Gasteiger partial charge in [-0.25, -0.2) is 4.79 Å². The van der Waals surface area contributed by atoms with Crippen LogP contribution in [0, 0.1) is 5.92 Å². The van der Waals surface area contributed by atoms with E-state index in [4.69, 9.17) is 9.47 Å². The predicted octanol–water partition coefficient (Wildman–Crippen LogP) is 3.78. The van der Waals surface area contributed by atoms with Gasteiger partial charge in [0.05, 0.1) is 12.2 Å². The molecule has 0 saturated heterocycles. The Labute approximate surface area is 173 Å². The van der Waals surface area contributed by atoms with E-state index in [-0.39, 0.29) is 19.1 Å². The van der Waals surface area contributed by atoms with Crippen LogP contribution in [0.4, 0.5) is 9.80 Å². The molecule has 1 aromatic carbocycles. The van der Waals surface area contributed by atoms with Gasteiger partial charge in [-0.1, -0.05) is 25.1 Å². The number of amides is 3. The van der Waals surface area contributed by atoms with E-state index in [1.54, 1.807) is 19.1 Å². The fourth-order valence-electron chi connectivity index (χ4n) is 3.23. The van der Waals surface area contributed by atoms with Gasteiger partial charge in [0, 0.05) is 4.88 Å². The maximum absolute atomic E-state index is 12.7. The number of hydrogen-bond acceptors (Lipinski definition) is 6. The minimum absolute atomic E-state index is 0.165. The first-order valence-corrected chi connectivity index (χ1v) is 10.4. The van der Waals surface area contributed by atoms with Crippen LogP contribution in [0.5, 0.6) is 5.75 Å². The zero-order chi connectivity index (χ0) is 20.8. The summed E-state index contributed by atoms with van der Waals surface area (Å²) in [4.78, 5) is 37.9. The first-order valence-electron chi connectivity index (χ1n) is 9.58. The molecule has 0 aliphatic heterocycles. The molecule has 1 aromatic heterocycles. The Balaban J connectivity index is 1.76. The van der Waals surface area contributed by atoms with Crippen molar-refractivity contribution in [3.05, 3.63) is 46.3 Å². The molecular formula is C21H24N2O5S. The molecule has 0 unspecified atom stereocenters. The average molecular weight is 416 g/mol. The van der Waals surface area contributed by atoms with Gasteiger partial charge in [0.25, 0.3) is 11.8 Å². The maximum Gasteiger partial charge on any atom is 0.414 e. The number of nitrogens with one attached hydrogen (secondary N) is 2. The molecule has 29 heavy (non-hydrogen) atoms. The Kier molecular flexibility index (Phi) is 6.87. The summed E-state index contributed by atoms with van der Waals surface area (Å²) in [6, 6.07) is 9.02. The monoisotopic (exact) mass is 416 g/mol. The average Bonchev–Trinajstić information content (AvgIpc) is 3.04. The van der Waals surface area contributed by atoms with E-state index >= 15 is 0 Å². The van der Waals surface area contributed by atoms with Crippen molar-refractivity contribution in [1.29, 1.82) is 0 Å². The van der Waals surface area contributed by atoms with Gasteiger partial charge in [0.15, 0.2) is 6.61 Å². The number of carbonyl (C=O) groups excluding carboxylic acids is 3. The smallest absolute Gasteiger partial charge is 0.414 e. The highest BCUT2D eigenvalue weighted by Crippen LogP contribution is 2.39. The SMILES string of the molecule is CCOC(=O)NC(=O)c1c(NC(=O)COc2ccccc2)sc2c1CC[C@H](C)C2. The van der Waals surface area contributed by atoms with Crippen molar-refractivity contribution in [2.75, 3.05) is 18.5 Å². The van der Waals surface area contributed by atoms with Crippen molar-refractivity contribution >= 4 is 34.2 Å². The Morgan fingerprint density at radius 3 is 2.69 bits per heavy atom. The van der Waals surface area contributed by atoms with Gasteiger partial charge >= 0.3 is 6.09 Å². The summed E-state index contributed by atoms with van der Waals surface area (Å²) in [5.41, 5.74) is 1.24. The summed E-state index contributed by atoms with van der Waals surface area (Å²) < 4.78 is 10.3. The molecule has 7 nitrogen and oxygen atoms in total. The van der Waals surface area contributed by atoms with Gasteiger partial charge in [-0.15, -0.1) is 11.3 Å². The molecule has 2 N–H and O–H groups in total. The van der Waals surface area contributed by atoms with E-state index in [1.165, 1.54) is 11.3 Å². The zero-order valence-corrected chi connectivity index (χ0v) is 17.3. The topological polar surface area (TPSA) is 93.7 Å². The van der Waals surface area contributed by atoms with E-state index in [0.717, 1.165) is 29.7 Å². The number of benzene rings is 1. The van der Waals surface area contributed by atoms with Crippen LogP contribution in [0.3, 0.4) is 0 Å². The number of rotatable bonds is 6. The minimum Gasteiger partial charge on any atom is -0.484 e. The van der Waals surface area contributed by atoms with Crippen molar-refractivity contribution in [3.8, 4) is 5.75 Å². The summed E-state index contributed by atoms with van der Waals surface area (Å²) in [6.45, 7) is 3.81. The number of ether oxygens (including phenoxy) is 2. The van der Waals surface area contributed by atoms with E-state index in [2.05, 4.69) is 17.6 Å². The molecule has 3 rings (SSSR count). The van der Waals surface area contributed by atoms with Crippen molar-refractivity contribution in [1.82, 2.24) is 5.32 Å². The number of fused-ring (bicyclic) bond motifs is 1. The van der Waals surface area contributed by atoms with Gasteiger partial charge in [-0.2, -0.15) is 0 Å². The third-order valence-electron chi connectivity index (χ3n) is 4.60. The van der Waals surface area contributed by atoms with E-state index < -0.39 is 12.0 Å². The second-order valence-corrected chi connectivity index (χ2v) is 7.99. The van der Waals surface area contributed by atoms with Crippen LogP contribution in [-0.2, 0) is 22.4 Å². The number of para-hydroxylation sites is 1. The molecule has 0 saturated carbocycles. The number of imide groups is 1. The lowest BCUT2D eigenvalue weighted by molar-refractivity contribution is -0.118. The molecule has 3 amide bonds. The fourth-order valence-corrected chi connectivity index (χ4v) is 4.65. The van der Waals surface area contributed by atoms with Crippen LogP contribution < -0.4 is 15.4 Å². The molecular weight excluding hydrogens is 392 g/mol. The number of carbonyl (C=O) groups is 3. The van der Waals surface area contributed by atoms with Gasteiger partial charge in [0.1, 0.15) is 10.8 Å². The largest absolute Gasteiger partial charge is 0.484 e. The molecule has 1 atom stereocenters. The molecule has 0 fully saturated rings. The van der Waals surface area contributed by atoms with Gasteiger partial charge < -0.3 is 14.8 Å². The first kappa shape index (κ1) is 20.9. The van der Waals surface area contributed by atoms with Gasteiger partial charge in [-0.3, -0.25) is 14.9 Å². The second kappa shape index (κ2) is 9.56. The maximum atomic E-state index is 12.7. The van der Waals surface area contributed by atoms with Crippen LogP contribution in [-0.4, -0.2) is 31.1 Å². The lowest BCUT2D eigenvalue weighted by atomic mass is 9.88. The molecule has 1 aliphatic carbocycles. The quantitative estimate of drug-likeness (QED) is 0.748. The van der Waals surface area contributed by atoms with Crippen molar-refractivity contribution in [2.45, 2.75) is 33.1 Å². The van der Waals surface area contributed by atoms with Crippen LogP contribution >= 0.6 is 11.3 Å². The summed E-state index contributed by atoms with van der Waals surface area (Å²) >= 11 is 1.38. The lowest BCUT2D eigenvalue weighted by Gasteiger charge is -2.18. The van der Waals surface area contributed by atoms with E-state index in [0.29, 0.717) is 22.2 Å². The lowest BCUT2D eigenvalue weighted by Crippen LogP contribution is -2.32. The Morgan fingerprint density at radius 1 is 1.21 bits per heavy atom. The standard InChI is InChI=1S/C21H24N2O5S/c1-3-27-21(26)23-19(25)18-15-10-9-13(2)11-16(15)29-20(18)22-17(24)12-28-14-7-5-4-6-8-14/h4-8,13H,3,9-12H2,1-2H3,(H,22,24)(H,23,25,26)/t13-/m0/s1. The number of alkyl carbamates (subject to hydrolysis) is 1. The zero-order valence-electron chi connectivity index (χ0n) is 16.4. The fraction of sp³-hybridized carbons (Fsp3) is 0.381. The highest BCUT2D eigenvalue weighted by atomic mass is 32.1. The van der Waals surface area contributed by atoms with E-state index in [9.17, 15) is 14.4 Å². The van der Waals surface area contributed by atoms with Crippen LogP contribution in [0.25, 0.3) is 0 Å². The summed E-state index contributed by atoms with van der Waals surface area (Å²) in [7, 11) is 0. The molecule has 0 bridgehead atoms. The van der Waals surface area contributed by atoms with E-state index in [1.807, 2.05) is 18.2 Å². The molecule has 1 heterocycles. The Bertz CT molecular complexity index is 894. The Morgan fingerprint density at radius 2 is 1.97 bits per heavy atom. The van der Waals surface area contributed by atoms with Gasteiger partial charge in [-0.05, 0) is 49.8 Å². The van der Waals surface area contributed by atoms with Crippen molar-refractivity contribution in [3.63, 3.8) is 0 Å². The summed E-state index contributed by atoms with van der Waals surface area (Å²) in [6.07, 6.45) is 1.73. The van der Waals surface area contributed by atoms with Crippen LogP contribution in [0.2, 0.25) is 0 Å². The second-order valence-electron chi connectivity index (χ2n) is 6.88. The molecule has 0 spiro atoms. The molecule has 1 aliphatic rings. The van der Waals surface area contributed by atoms with Crippen molar-refractivity contribution in [2.24, 2.45) is 5.92 Å². The van der Waals surface area contributed by atoms with Gasteiger partial charge in [0.2, 0.25) is 0 Å². The molecule has 154 valence electrons. The van der Waals surface area contributed by atoms with Crippen molar-refractivity contribution < 1.29 is 23.9 Å². The molecule has 8 heteroatoms. The number of thiophene rings is 1. The normalized spacial score (nSPS) is 15.2.